The molecule has 4 nitrogen and oxygen atoms in total. The summed E-state index contributed by atoms with van der Waals surface area (Å²) in [6.07, 6.45) is 5.71. The SMILES string of the molecule is C[C@@H]1CCCN1CCc1c[nH]c2cccc(OPO)c12. The first-order valence-electron chi connectivity index (χ1n) is 7.18. The van der Waals surface area contributed by atoms with Crippen LogP contribution in [0.4, 0.5) is 0 Å². The molecular formula is C15H21N2O2P. The van der Waals surface area contributed by atoms with Gasteiger partial charge in [0.2, 0.25) is 9.03 Å². The zero-order chi connectivity index (χ0) is 13.9. The molecule has 0 bridgehead atoms. The normalized spacial score (nSPS) is 20.4. The third-order valence-corrected chi connectivity index (χ3v) is 4.57. The largest absolute Gasteiger partial charge is 0.449 e. The van der Waals surface area contributed by atoms with E-state index in [0.717, 1.165) is 29.6 Å². The van der Waals surface area contributed by atoms with Gasteiger partial charge in [0.15, 0.2) is 0 Å². The van der Waals surface area contributed by atoms with Crippen molar-refractivity contribution in [1.29, 1.82) is 0 Å². The molecule has 1 unspecified atom stereocenters. The van der Waals surface area contributed by atoms with Crippen molar-refractivity contribution in [2.45, 2.75) is 32.2 Å². The number of aromatic nitrogens is 1. The minimum absolute atomic E-state index is 0.513. The van der Waals surface area contributed by atoms with Gasteiger partial charge >= 0.3 is 0 Å². The Kier molecular flexibility index (Phi) is 4.25. The van der Waals surface area contributed by atoms with Crippen molar-refractivity contribution in [1.82, 2.24) is 9.88 Å². The molecule has 3 rings (SSSR count). The molecule has 1 fully saturated rings. The first kappa shape index (κ1) is 13.9. The Morgan fingerprint density at radius 3 is 3.15 bits per heavy atom. The molecule has 2 heterocycles. The van der Waals surface area contributed by atoms with Crippen LogP contribution in [-0.2, 0) is 6.42 Å². The van der Waals surface area contributed by atoms with Gasteiger partial charge in [0.25, 0.3) is 0 Å². The van der Waals surface area contributed by atoms with Crippen LogP contribution >= 0.6 is 9.03 Å². The van der Waals surface area contributed by atoms with Crippen LogP contribution in [0.25, 0.3) is 10.9 Å². The molecule has 0 aliphatic carbocycles. The smallest absolute Gasteiger partial charge is 0.212 e. The van der Waals surface area contributed by atoms with Crippen molar-refractivity contribution in [3.63, 3.8) is 0 Å². The molecule has 2 N–H and O–H groups in total. The molecule has 1 aliphatic heterocycles. The van der Waals surface area contributed by atoms with Crippen LogP contribution in [0.2, 0.25) is 0 Å². The van der Waals surface area contributed by atoms with Crippen molar-refractivity contribution in [2.24, 2.45) is 0 Å². The van der Waals surface area contributed by atoms with Crippen LogP contribution in [0.1, 0.15) is 25.3 Å². The van der Waals surface area contributed by atoms with Crippen LogP contribution in [0.5, 0.6) is 5.75 Å². The lowest BCUT2D eigenvalue weighted by molar-refractivity contribution is 0.272. The van der Waals surface area contributed by atoms with Crippen LogP contribution < -0.4 is 4.52 Å². The molecule has 20 heavy (non-hydrogen) atoms. The molecule has 2 atom stereocenters. The number of benzene rings is 1. The molecule has 0 spiro atoms. The van der Waals surface area contributed by atoms with Gasteiger partial charge in [-0.3, -0.25) is 0 Å². The third kappa shape index (κ3) is 2.69. The number of H-pyrrole nitrogens is 1. The molecule has 1 aliphatic rings. The van der Waals surface area contributed by atoms with E-state index in [4.69, 9.17) is 9.42 Å². The second-order valence-electron chi connectivity index (χ2n) is 5.46. The number of aromatic amines is 1. The molecule has 108 valence electrons. The number of fused-ring (bicyclic) bond motifs is 1. The lowest BCUT2D eigenvalue weighted by atomic mass is 10.1. The Morgan fingerprint density at radius 2 is 2.40 bits per heavy atom. The Morgan fingerprint density at radius 1 is 1.50 bits per heavy atom. The van der Waals surface area contributed by atoms with Crippen molar-refractivity contribution < 1.29 is 9.42 Å². The fourth-order valence-electron chi connectivity index (χ4n) is 3.14. The molecule has 1 aromatic heterocycles. The van der Waals surface area contributed by atoms with Crippen molar-refractivity contribution in [2.75, 3.05) is 13.1 Å². The summed E-state index contributed by atoms with van der Waals surface area (Å²) >= 11 is 0. The van der Waals surface area contributed by atoms with E-state index in [1.807, 2.05) is 18.2 Å². The monoisotopic (exact) mass is 292 g/mol. The molecule has 1 aromatic carbocycles. The molecule has 1 saturated heterocycles. The van der Waals surface area contributed by atoms with Gasteiger partial charge in [-0.05, 0) is 50.4 Å². The highest BCUT2D eigenvalue weighted by Gasteiger charge is 2.20. The topological polar surface area (TPSA) is 48.5 Å². The number of nitrogens with zero attached hydrogens (tertiary/aromatic N) is 1. The lowest BCUT2D eigenvalue weighted by Gasteiger charge is -2.20. The van der Waals surface area contributed by atoms with Gasteiger partial charge in [-0.15, -0.1) is 0 Å². The van der Waals surface area contributed by atoms with Crippen molar-refractivity contribution in [3.8, 4) is 5.75 Å². The third-order valence-electron chi connectivity index (χ3n) is 4.26. The molecular weight excluding hydrogens is 271 g/mol. The molecule has 0 amide bonds. The fraction of sp³-hybridized carbons (Fsp3) is 0.467. The van der Waals surface area contributed by atoms with Crippen LogP contribution in [-0.4, -0.2) is 33.9 Å². The van der Waals surface area contributed by atoms with Gasteiger partial charge in [0, 0.05) is 29.7 Å². The summed E-state index contributed by atoms with van der Waals surface area (Å²) in [5, 5.41) is 1.11. The summed E-state index contributed by atoms with van der Waals surface area (Å²) in [6, 6.07) is 6.61. The van der Waals surface area contributed by atoms with E-state index in [0.29, 0.717) is 6.04 Å². The predicted octanol–water partition coefficient (Wildman–Crippen LogP) is 3.07. The van der Waals surface area contributed by atoms with E-state index in [-0.39, 0.29) is 0 Å². The van der Waals surface area contributed by atoms with Crippen molar-refractivity contribution in [3.05, 3.63) is 30.0 Å². The number of hydrogen-bond donors (Lipinski definition) is 2. The lowest BCUT2D eigenvalue weighted by Crippen LogP contribution is -2.28. The highest BCUT2D eigenvalue weighted by molar-refractivity contribution is 7.25. The van der Waals surface area contributed by atoms with Gasteiger partial charge in [-0.25, -0.2) is 0 Å². The predicted molar refractivity (Wildman–Crippen MR) is 83.4 cm³/mol. The first-order chi connectivity index (χ1) is 9.79. The van der Waals surface area contributed by atoms with Gasteiger partial charge in [-0.1, -0.05) is 6.07 Å². The Balaban J connectivity index is 1.80. The summed E-state index contributed by atoms with van der Waals surface area (Å²) in [5.41, 5.74) is 2.35. The van der Waals surface area contributed by atoms with Crippen LogP contribution in [0, 0.1) is 0 Å². The average molecular weight is 292 g/mol. The number of likely N-dealkylation sites (tertiary alicyclic amines) is 1. The average Bonchev–Trinajstić information content (AvgIpc) is 3.04. The van der Waals surface area contributed by atoms with Crippen LogP contribution in [0.15, 0.2) is 24.4 Å². The van der Waals surface area contributed by atoms with Gasteiger partial charge in [0.1, 0.15) is 5.75 Å². The van der Waals surface area contributed by atoms with E-state index in [2.05, 4.69) is 23.0 Å². The van der Waals surface area contributed by atoms with Gasteiger partial charge in [-0.2, -0.15) is 0 Å². The molecule has 5 heteroatoms. The number of nitrogens with one attached hydrogen (secondary N) is 1. The Bertz CT molecular complexity index is 584. The zero-order valence-electron chi connectivity index (χ0n) is 11.7. The van der Waals surface area contributed by atoms with Crippen molar-refractivity contribution >= 4 is 19.9 Å². The standard InChI is InChI=1S/C15H21N2O2P/c1-11-4-3-8-17(11)9-7-12-10-16-13-5-2-6-14(15(12)13)19-20-18/h2,5-6,10-11,16,18,20H,3-4,7-9H2,1H3/t11-/m1/s1. The quantitative estimate of drug-likeness (QED) is 0.833. The zero-order valence-corrected chi connectivity index (χ0v) is 12.7. The van der Waals surface area contributed by atoms with Gasteiger partial charge in [0.05, 0.1) is 0 Å². The summed E-state index contributed by atoms with van der Waals surface area (Å²) in [7, 11) is -0.513. The first-order valence-corrected chi connectivity index (χ1v) is 8.04. The maximum atomic E-state index is 9.03. The second-order valence-corrected chi connectivity index (χ2v) is 5.85. The molecule has 0 saturated carbocycles. The van der Waals surface area contributed by atoms with E-state index in [9.17, 15) is 0 Å². The second kappa shape index (κ2) is 6.13. The summed E-state index contributed by atoms with van der Waals surface area (Å²) in [5.74, 6) is 0.772. The number of rotatable bonds is 5. The molecule has 0 radical (unpaired) electrons. The van der Waals surface area contributed by atoms with E-state index in [1.54, 1.807) is 0 Å². The molecule has 2 aromatic rings. The summed E-state index contributed by atoms with van der Waals surface area (Å²) in [6.45, 7) is 4.61. The minimum atomic E-state index is -0.513. The Hall–Kier alpha value is -1.09. The van der Waals surface area contributed by atoms with E-state index < -0.39 is 9.03 Å². The fourth-order valence-corrected chi connectivity index (χ4v) is 3.41. The summed E-state index contributed by atoms with van der Waals surface area (Å²) in [4.78, 5) is 14.9. The summed E-state index contributed by atoms with van der Waals surface area (Å²) < 4.78 is 5.36. The maximum absolute atomic E-state index is 9.03. The minimum Gasteiger partial charge on any atom is -0.449 e. The van der Waals surface area contributed by atoms with Crippen LogP contribution in [0.3, 0.4) is 0 Å². The number of hydrogen-bond acceptors (Lipinski definition) is 3. The van der Waals surface area contributed by atoms with E-state index in [1.165, 1.54) is 24.9 Å². The van der Waals surface area contributed by atoms with E-state index >= 15 is 0 Å². The van der Waals surface area contributed by atoms with Gasteiger partial charge < -0.3 is 19.3 Å². The highest BCUT2D eigenvalue weighted by atomic mass is 31.1. The Labute approximate surface area is 121 Å². The highest BCUT2D eigenvalue weighted by Crippen LogP contribution is 2.32. The maximum Gasteiger partial charge on any atom is 0.212 e.